The van der Waals surface area contributed by atoms with Crippen LogP contribution in [0.4, 0.5) is 0 Å². The number of ether oxygens (including phenoxy) is 2. The molecule has 4 nitrogen and oxygen atoms in total. The van der Waals surface area contributed by atoms with Gasteiger partial charge in [-0.25, -0.2) is 0 Å². The molecule has 3 aliphatic rings. The van der Waals surface area contributed by atoms with Gasteiger partial charge in [-0.3, -0.25) is 4.90 Å². The largest absolute Gasteiger partial charge is 0.493 e. The molecule has 2 heterocycles. The molecule has 0 radical (unpaired) electrons. The van der Waals surface area contributed by atoms with E-state index in [1.165, 1.54) is 0 Å². The molecule has 2 fully saturated rings. The standard InChI is InChI=1S/C22H29NO3/c1-6-12-23-13-11-21-18-14(2)7-8-17(25-5)19(18)26-20(21)15(3)9-10-22(21,24)16(23)4/h6-8,16,20,24H,1,3,9-13H2,2,4-5H3/t16-,20+,21+,22-/m0/s1. The number of aryl methyl sites for hydroxylation is 1. The number of fused-ring (bicyclic) bond motifs is 1. The molecule has 1 aliphatic carbocycles. The number of piperidine rings is 1. The fourth-order valence-electron chi connectivity index (χ4n) is 5.71. The summed E-state index contributed by atoms with van der Waals surface area (Å²) >= 11 is 0. The molecule has 1 aromatic rings. The first-order valence-corrected chi connectivity index (χ1v) is 9.50. The third-order valence-corrected chi connectivity index (χ3v) is 7.05. The third kappa shape index (κ3) is 1.97. The molecule has 0 aromatic heterocycles. The van der Waals surface area contributed by atoms with Crippen molar-refractivity contribution >= 4 is 0 Å². The van der Waals surface area contributed by atoms with Crippen LogP contribution in [-0.4, -0.2) is 48.0 Å². The van der Waals surface area contributed by atoms with E-state index < -0.39 is 11.0 Å². The number of nitrogens with zero attached hydrogens (tertiary/aromatic N) is 1. The van der Waals surface area contributed by atoms with Crippen LogP contribution in [0.5, 0.6) is 11.5 Å². The summed E-state index contributed by atoms with van der Waals surface area (Å²) in [5, 5.41) is 12.1. The minimum absolute atomic E-state index is 0.0185. The number of benzene rings is 1. The number of aliphatic hydroxyl groups is 1. The second-order valence-corrected chi connectivity index (χ2v) is 8.05. The SMILES string of the molecule is C=CCN1CC[C@@]23c4c(C)ccc(OC)c4O[C@@H]2C(=C)CC[C@]3(O)[C@@H]1C. The Morgan fingerprint density at radius 1 is 1.42 bits per heavy atom. The molecular weight excluding hydrogens is 326 g/mol. The van der Waals surface area contributed by atoms with Gasteiger partial charge in [-0.05, 0) is 56.9 Å². The monoisotopic (exact) mass is 355 g/mol. The maximum atomic E-state index is 12.1. The lowest BCUT2D eigenvalue weighted by Crippen LogP contribution is -2.72. The number of hydrogen-bond acceptors (Lipinski definition) is 4. The molecule has 0 bridgehead atoms. The molecular formula is C22H29NO3. The van der Waals surface area contributed by atoms with Crippen molar-refractivity contribution in [2.45, 2.75) is 56.3 Å². The second-order valence-electron chi connectivity index (χ2n) is 8.05. The number of methoxy groups -OCH3 is 1. The molecule has 140 valence electrons. The first kappa shape index (κ1) is 17.6. The van der Waals surface area contributed by atoms with Gasteiger partial charge in [0.25, 0.3) is 0 Å². The van der Waals surface area contributed by atoms with Crippen LogP contribution in [0.3, 0.4) is 0 Å². The van der Waals surface area contributed by atoms with E-state index >= 15 is 0 Å². The fraction of sp³-hybridized carbons (Fsp3) is 0.545. The topological polar surface area (TPSA) is 41.9 Å². The van der Waals surface area contributed by atoms with E-state index in [0.29, 0.717) is 6.42 Å². The summed E-state index contributed by atoms with van der Waals surface area (Å²) in [6.45, 7) is 14.1. The molecule has 4 heteroatoms. The summed E-state index contributed by atoms with van der Waals surface area (Å²) in [4.78, 5) is 2.33. The lowest BCUT2D eigenvalue weighted by Gasteiger charge is -2.60. The number of hydrogen-bond donors (Lipinski definition) is 1. The highest BCUT2D eigenvalue weighted by atomic mass is 16.5. The molecule has 4 atom stereocenters. The molecule has 26 heavy (non-hydrogen) atoms. The Morgan fingerprint density at radius 2 is 2.19 bits per heavy atom. The minimum Gasteiger partial charge on any atom is -0.493 e. The van der Waals surface area contributed by atoms with Gasteiger partial charge in [0.2, 0.25) is 0 Å². The van der Waals surface area contributed by atoms with Crippen molar-refractivity contribution < 1.29 is 14.6 Å². The van der Waals surface area contributed by atoms with E-state index in [2.05, 4.69) is 38.0 Å². The highest BCUT2D eigenvalue weighted by molar-refractivity contribution is 5.61. The minimum atomic E-state index is -0.873. The van der Waals surface area contributed by atoms with Gasteiger partial charge in [0.15, 0.2) is 11.5 Å². The zero-order valence-electron chi connectivity index (χ0n) is 16.0. The van der Waals surface area contributed by atoms with Gasteiger partial charge >= 0.3 is 0 Å². The van der Waals surface area contributed by atoms with Gasteiger partial charge in [-0.2, -0.15) is 0 Å². The van der Waals surface area contributed by atoms with Gasteiger partial charge in [-0.1, -0.05) is 18.7 Å². The van der Waals surface area contributed by atoms with Crippen LogP contribution in [-0.2, 0) is 5.41 Å². The van der Waals surface area contributed by atoms with E-state index in [1.807, 2.05) is 12.1 Å². The van der Waals surface area contributed by atoms with Crippen LogP contribution in [0.25, 0.3) is 0 Å². The Hall–Kier alpha value is -1.78. The normalized spacial score (nSPS) is 35.9. The van der Waals surface area contributed by atoms with Crippen molar-refractivity contribution in [3.05, 3.63) is 48.1 Å². The predicted molar refractivity (Wildman–Crippen MR) is 103 cm³/mol. The van der Waals surface area contributed by atoms with Crippen LogP contribution >= 0.6 is 0 Å². The van der Waals surface area contributed by atoms with Crippen molar-refractivity contribution in [1.29, 1.82) is 0 Å². The van der Waals surface area contributed by atoms with Gasteiger partial charge in [0.1, 0.15) is 6.10 Å². The first-order valence-electron chi connectivity index (χ1n) is 9.50. The maximum Gasteiger partial charge on any atom is 0.166 e. The van der Waals surface area contributed by atoms with Gasteiger partial charge in [-0.15, -0.1) is 6.58 Å². The highest BCUT2D eigenvalue weighted by Crippen LogP contribution is 2.63. The predicted octanol–water partition coefficient (Wildman–Crippen LogP) is 3.36. The Labute approximate surface area is 156 Å². The number of likely N-dealkylation sites (tertiary alicyclic amines) is 1. The van der Waals surface area contributed by atoms with Crippen LogP contribution < -0.4 is 9.47 Å². The van der Waals surface area contributed by atoms with Crippen LogP contribution in [0.1, 0.15) is 37.3 Å². The molecule has 1 aromatic carbocycles. The molecule has 1 saturated heterocycles. The molecule has 1 saturated carbocycles. The van der Waals surface area contributed by atoms with Gasteiger partial charge < -0.3 is 14.6 Å². The van der Waals surface area contributed by atoms with Crippen molar-refractivity contribution in [1.82, 2.24) is 4.90 Å². The maximum absolute atomic E-state index is 12.1. The van der Waals surface area contributed by atoms with E-state index in [9.17, 15) is 5.11 Å². The van der Waals surface area contributed by atoms with E-state index in [0.717, 1.165) is 54.1 Å². The lowest BCUT2D eigenvalue weighted by molar-refractivity contribution is -0.161. The molecule has 0 amide bonds. The average molecular weight is 355 g/mol. The summed E-state index contributed by atoms with van der Waals surface area (Å²) in [5.41, 5.74) is 2.02. The summed E-state index contributed by atoms with van der Waals surface area (Å²) < 4.78 is 12.1. The van der Waals surface area contributed by atoms with Gasteiger partial charge in [0, 0.05) is 18.2 Å². The molecule has 1 spiro atoms. The van der Waals surface area contributed by atoms with Crippen molar-refractivity contribution in [3.8, 4) is 11.5 Å². The van der Waals surface area contributed by atoms with Crippen molar-refractivity contribution in [3.63, 3.8) is 0 Å². The number of rotatable bonds is 3. The molecule has 0 unspecified atom stereocenters. The summed E-state index contributed by atoms with van der Waals surface area (Å²) in [6.07, 6.45) is 4.05. The molecule has 2 aliphatic heterocycles. The van der Waals surface area contributed by atoms with Crippen LogP contribution in [0.2, 0.25) is 0 Å². The fourth-order valence-corrected chi connectivity index (χ4v) is 5.71. The average Bonchev–Trinajstić information content (AvgIpc) is 2.99. The Balaban J connectivity index is 1.95. The highest BCUT2D eigenvalue weighted by Gasteiger charge is 2.68. The first-order chi connectivity index (χ1) is 12.4. The van der Waals surface area contributed by atoms with Crippen molar-refractivity contribution in [2.24, 2.45) is 0 Å². The summed E-state index contributed by atoms with van der Waals surface area (Å²) in [7, 11) is 1.67. The Kier molecular flexibility index (Phi) is 3.97. The van der Waals surface area contributed by atoms with Crippen LogP contribution in [0, 0.1) is 6.92 Å². The smallest absolute Gasteiger partial charge is 0.166 e. The summed E-state index contributed by atoms with van der Waals surface area (Å²) in [6, 6.07) is 4.06. The van der Waals surface area contributed by atoms with E-state index in [1.54, 1.807) is 7.11 Å². The summed E-state index contributed by atoms with van der Waals surface area (Å²) in [5.74, 6) is 1.54. The zero-order valence-corrected chi connectivity index (χ0v) is 16.0. The molecule has 4 rings (SSSR count). The van der Waals surface area contributed by atoms with Crippen molar-refractivity contribution in [2.75, 3.05) is 20.2 Å². The zero-order chi connectivity index (χ0) is 18.7. The Morgan fingerprint density at radius 3 is 2.88 bits per heavy atom. The van der Waals surface area contributed by atoms with E-state index in [-0.39, 0.29) is 12.1 Å². The van der Waals surface area contributed by atoms with Gasteiger partial charge in [0.05, 0.1) is 18.1 Å². The van der Waals surface area contributed by atoms with E-state index in [4.69, 9.17) is 9.47 Å². The lowest BCUT2D eigenvalue weighted by atomic mass is 9.52. The second kappa shape index (κ2) is 5.86. The Bertz CT molecular complexity index is 773. The van der Waals surface area contributed by atoms with Crippen LogP contribution in [0.15, 0.2) is 36.9 Å². The third-order valence-electron chi connectivity index (χ3n) is 7.05. The quantitative estimate of drug-likeness (QED) is 0.844. The molecule has 1 N–H and O–H groups in total.